The summed E-state index contributed by atoms with van der Waals surface area (Å²) in [6, 6.07) is 5.28. The molecule has 0 bridgehead atoms. The van der Waals surface area contributed by atoms with E-state index >= 15 is 0 Å². The molecule has 130 valence electrons. The van der Waals surface area contributed by atoms with Crippen LogP contribution >= 0.6 is 0 Å². The van der Waals surface area contributed by atoms with Crippen molar-refractivity contribution in [2.24, 2.45) is 0 Å². The van der Waals surface area contributed by atoms with Crippen LogP contribution in [0.15, 0.2) is 30.9 Å². The molecule has 2 N–H and O–H groups in total. The number of hydrogen-bond donors (Lipinski definition) is 2. The predicted molar refractivity (Wildman–Crippen MR) is 97.4 cm³/mol. The van der Waals surface area contributed by atoms with Crippen LogP contribution in [-0.4, -0.2) is 36.0 Å². The molecule has 1 aromatic rings. The van der Waals surface area contributed by atoms with Crippen LogP contribution < -0.4 is 10.6 Å². The zero-order valence-electron chi connectivity index (χ0n) is 14.6. The fourth-order valence-electron chi connectivity index (χ4n) is 2.91. The maximum atomic E-state index is 12.4. The van der Waals surface area contributed by atoms with E-state index in [0.717, 1.165) is 50.0 Å². The van der Waals surface area contributed by atoms with Gasteiger partial charge in [-0.15, -0.1) is 6.58 Å². The second kappa shape index (κ2) is 8.52. The molecule has 1 aliphatic rings. The molecule has 1 fully saturated rings. The van der Waals surface area contributed by atoms with Gasteiger partial charge in [-0.25, -0.2) is 4.79 Å². The third-order valence-electron chi connectivity index (χ3n) is 4.39. The number of carbonyl (C=O) groups excluding carboxylic acids is 2. The standard InChI is InChI=1S/C19H27N3O2/c1-4-8-16(5-2)20-19(24)21-17-10-9-15(13-14(17)3)18(23)22-11-6-7-12-22/h4,9-10,13,16H,1,5-8,11-12H2,2-3H3,(H2,20,21,24). The molecule has 24 heavy (non-hydrogen) atoms. The average molecular weight is 329 g/mol. The summed E-state index contributed by atoms with van der Waals surface area (Å²) in [4.78, 5) is 26.4. The van der Waals surface area contributed by atoms with Crippen molar-refractivity contribution in [2.45, 2.75) is 45.6 Å². The van der Waals surface area contributed by atoms with Gasteiger partial charge in [-0.1, -0.05) is 13.0 Å². The molecule has 1 aromatic carbocycles. The summed E-state index contributed by atoms with van der Waals surface area (Å²) in [5, 5.41) is 5.79. The summed E-state index contributed by atoms with van der Waals surface area (Å²) in [7, 11) is 0. The molecule has 0 aromatic heterocycles. The molecule has 1 atom stereocenters. The molecule has 3 amide bonds. The number of rotatable bonds is 6. The lowest BCUT2D eigenvalue weighted by molar-refractivity contribution is 0.0792. The number of amides is 3. The average Bonchev–Trinajstić information content (AvgIpc) is 3.10. The van der Waals surface area contributed by atoms with Gasteiger partial charge < -0.3 is 15.5 Å². The third kappa shape index (κ3) is 4.60. The topological polar surface area (TPSA) is 61.4 Å². The van der Waals surface area contributed by atoms with E-state index in [4.69, 9.17) is 0 Å². The predicted octanol–water partition coefficient (Wildman–Crippen LogP) is 3.71. The van der Waals surface area contributed by atoms with Crippen molar-refractivity contribution in [3.8, 4) is 0 Å². The number of nitrogens with zero attached hydrogens (tertiary/aromatic N) is 1. The molecule has 0 spiro atoms. The van der Waals surface area contributed by atoms with Crippen LogP contribution in [-0.2, 0) is 0 Å². The van der Waals surface area contributed by atoms with Crippen molar-refractivity contribution in [3.63, 3.8) is 0 Å². The zero-order valence-corrected chi connectivity index (χ0v) is 14.6. The molecule has 5 heteroatoms. The van der Waals surface area contributed by atoms with Crippen LogP contribution in [0.25, 0.3) is 0 Å². The quantitative estimate of drug-likeness (QED) is 0.782. The summed E-state index contributed by atoms with van der Waals surface area (Å²) in [6.07, 6.45) is 5.55. The molecule has 5 nitrogen and oxygen atoms in total. The van der Waals surface area contributed by atoms with Gasteiger partial charge in [0.05, 0.1) is 0 Å². The van der Waals surface area contributed by atoms with Crippen molar-refractivity contribution in [2.75, 3.05) is 18.4 Å². The number of nitrogens with one attached hydrogen (secondary N) is 2. The minimum atomic E-state index is -0.231. The van der Waals surface area contributed by atoms with Crippen LogP contribution in [0.1, 0.15) is 48.5 Å². The summed E-state index contributed by atoms with van der Waals surface area (Å²) < 4.78 is 0. The summed E-state index contributed by atoms with van der Waals surface area (Å²) >= 11 is 0. The number of aryl methyl sites for hydroxylation is 1. The van der Waals surface area contributed by atoms with Crippen molar-refractivity contribution < 1.29 is 9.59 Å². The van der Waals surface area contributed by atoms with Crippen LogP contribution in [0.4, 0.5) is 10.5 Å². The number of carbonyl (C=O) groups is 2. The Morgan fingerprint density at radius 2 is 2.04 bits per heavy atom. The Morgan fingerprint density at radius 1 is 1.33 bits per heavy atom. The Labute approximate surface area is 144 Å². The number of likely N-dealkylation sites (tertiary alicyclic amines) is 1. The monoisotopic (exact) mass is 329 g/mol. The van der Waals surface area contributed by atoms with Gasteiger partial charge in [0.1, 0.15) is 0 Å². The highest BCUT2D eigenvalue weighted by atomic mass is 16.2. The molecular formula is C19H27N3O2. The van der Waals surface area contributed by atoms with Crippen LogP contribution in [0.3, 0.4) is 0 Å². The Hall–Kier alpha value is -2.30. The summed E-state index contributed by atoms with van der Waals surface area (Å²) in [6.45, 7) is 9.30. The SMILES string of the molecule is C=CCC(CC)NC(=O)Nc1ccc(C(=O)N2CCCC2)cc1C. The second-order valence-corrected chi connectivity index (χ2v) is 6.26. The minimum absolute atomic E-state index is 0.0728. The van der Waals surface area contributed by atoms with Crippen molar-refractivity contribution in [1.29, 1.82) is 0 Å². The van der Waals surface area contributed by atoms with E-state index in [1.54, 1.807) is 18.2 Å². The number of benzene rings is 1. The molecule has 1 saturated heterocycles. The highest BCUT2D eigenvalue weighted by Gasteiger charge is 2.20. The van der Waals surface area contributed by atoms with Gasteiger partial charge in [0.15, 0.2) is 0 Å². The molecule has 0 saturated carbocycles. The summed E-state index contributed by atoms with van der Waals surface area (Å²) in [5.41, 5.74) is 2.28. The lowest BCUT2D eigenvalue weighted by Gasteiger charge is -2.18. The fourth-order valence-corrected chi connectivity index (χ4v) is 2.91. The molecule has 1 heterocycles. The van der Waals surface area contributed by atoms with Gasteiger partial charge in [0.25, 0.3) is 5.91 Å². The highest BCUT2D eigenvalue weighted by molar-refractivity contribution is 5.96. The number of hydrogen-bond acceptors (Lipinski definition) is 2. The maximum Gasteiger partial charge on any atom is 0.319 e. The van der Waals surface area contributed by atoms with E-state index in [-0.39, 0.29) is 18.0 Å². The number of anilines is 1. The van der Waals surface area contributed by atoms with Gasteiger partial charge in [0.2, 0.25) is 0 Å². The minimum Gasteiger partial charge on any atom is -0.339 e. The molecule has 1 aliphatic heterocycles. The Bertz CT molecular complexity index is 607. The van der Waals surface area contributed by atoms with E-state index in [2.05, 4.69) is 17.2 Å². The van der Waals surface area contributed by atoms with Gasteiger partial charge in [-0.3, -0.25) is 4.79 Å². The van der Waals surface area contributed by atoms with Crippen LogP contribution in [0, 0.1) is 6.92 Å². The first kappa shape index (κ1) is 18.0. The third-order valence-corrected chi connectivity index (χ3v) is 4.39. The van der Waals surface area contributed by atoms with E-state index < -0.39 is 0 Å². The molecular weight excluding hydrogens is 302 g/mol. The van der Waals surface area contributed by atoms with Gasteiger partial charge in [-0.2, -0.15) is 0 Å². The first-order valence-electron chi connectivity index (χ1n) is 8.63. The molecule has 2 rings (SSSR count). The molecule has 1 unspecified atom stereocenters. The molecule has 0 aliphatic carbocycles. The Kier molecular flexibility index (Phi) is 6.41. The van der Waals surface area contributed by atoms with Crippen molar-refractivity contribution in [3.05, 3.63) is 42.0 Å². The van der Waals surface area contributed by atoms with Crippen molar-refractivity contribution in [1.82, 2.24) is 10.2 Å². The Balaban J connectivity index is 2.00. The lowest BCUT2D eigenvalue weighted by atomic mass is 10.1. The lowest BCUT2D eigenvalue weighted by Crippen LogP contribution is -2.37. The normalized spacial score (nSPS) is 15.0. The fraction of sp³-hybridized carbons (Fsp3) is 0.474. The first-order valence-corrected chi connectivity index (χ1v) is 8.63. The van der Waals surface area contributed by atoms with Gasteiger partial charge >= 0.3 is 6.03 Å². The molecule has 0 radical (unpaired) electrons. The van der Waals surface area contributed by atoms with E-state index in [1.165, 1.54) is 0 Å². The largest absolute Gasteiger partial charge is 0.339 e. The van der Waals surface area contributed by atoms with Crippen LogP contribution in [0.2, 0.25) is 0 Å². The van der Waals surface area contributed by atoms with Gasteiger partial charge in [-0.05, 0) is 56.4 Å². The maximum absolute atomic E-state index is 12.4. The van der Waals surface area contributed by atoms with E-state index in [1.807, 2.05) is 24.8 Å². The van der Waals surface area contributed by atoms with E-state index in [9.17, 15) is 9.59 Å². The zero-order chi connectivity index (χ0) is 17.5. The van der Waals surface area contributed by atoms with Crippen LogP contribution in [0.5, 0.6) is 0 Å². The second-order valence-electron chi connectivity index (χ2n) is 6.26. The first-order chi connectivity index (χ1) is 11.5. The smallest absolute Gasteiger partial charge is 0.319 e. The van der Waals surface area contributed by atoms with E-state index in [0.29, 0.717) is 5.56 Å². The summed E-state index contributed by atoms with van der Waals surface area (Å²) in [5.74, 6) is 0.0728. The highest BCUT2D eigenvalue weighted by Crippen LogP contribution is 2.19. The van der Waals surface area contributed by atoms with Crippen molar-refractivity contribution >= 4 is 17.6 Å². The Morgan fingerprint density at radius 3 is 2.62 bits per heavy atom. The van der Waals surface area contributed by atoms with Gasteiger partial charge in [0, 0.05) is 30.4 Å². The number of urea groups is 1.